The zero-order valence-corrected chi connectivity index (χ0v) is 13.9. The molecule has 0 spiro atoms. The lowest BCUT2D eigenvalue weighted by Crippen LogP contribution is -2.24. The number of aryl methyl sites for hydroxylation is 2. The van der Waals surface area contributed by atoms with Crippen LogP contribution in [0.15, 0.2) is 29.8 Å². The second-order valence-electron chi connectivity index (χ2n) is 5.80. The van der Waals surface area contributed by atoms with Gasteiger partial charge in [-0.2, -0.15) is 0 Å². The Bertz CT molecular complexity index is 592. The molecule has 1 aliphatic carbocycles. The van der Waals surface area contributed by atoms with Crippen molar-refractivity contribution in [3.05, 3.63) is 50.9 Å². The van der Waals surface area contributed by atoms with E-state index in [4.69, 9.17) is 11.6 Å². The standard InChI is InChI=1S/C17H21ClN2S/c1-12-17(21-11-20-12)9-6-13(10-19-14-7-8-14)15-4-2-3-5-16(15)18/h2-5,11,13-14,19H,6-10H2,1H3. The van der Waals surface area contributed by atoms with E-state index in [9.17, 15) is 0 Å². The van der Waals surface area contributed by atoms with Crippen LogP contribution in [-0.4, -0.2) is 17.6 Å². The van der Waals surface area contributed by atoms with Gasteiger partial charge < -0.3 is 5.32 Å². The predicted molar refractivity (Wildman–Crippen MR) is 90.4 cm³/mol. The first kappa shape index (κ1) is 15.0. The van der Waals surface area contributed by atoms with E-state index in [0.29, 0.717) is 5.92 Å². The molecule has 3 rings (SSSR count). The van der Waals surface area contributed by atoms with Crippen LogP contribution in [0.2, 0.25) is 5.02 Å². The summed E-state index contributed by atoms with van der Waals surface area (Å²) in [4.78, 5) is 5.75. The first-order chi connectivity index (χ1) is 10.2. The van der Waals surface area contributed by atoms with Gasteiger partial charge in [0.2, 0.25) is 0 Å². The fourth-order valence-electron chi connectivity index (χ4n) is 2.64. The molecule has 1 heterocycles. The largest absolute Gasteiger partial charge is 0.313 e. The molecule has 1 aliphatic rings. The molecule has 0 bridgehead atoms. The normalized spacial score (nSPS) is 16.1. The van der Waals surface area contributed by atoms with Crippen molar-refractivity contribution in [2.24, 2.45) is 0 Å². The quantitative estimate of drug-likeness (QED) is 0.808. The van der Waals surface area contributed by atoms with Crippen LogP contribution in [-0.2, 0) is 6.42 Å². The van der Waals surface area contributed by atoms with Gasteiger partial charge in [-0.15, -0.1) is 11.3 Å². The van der Waals surface area contributed by atoms with Crippen molar-refractivity contribution in [3.8, 4) is 0 Å². The third-order valence-corrected chi connectivity index (χ3v) is 5.48. The van der Waals surface area contributed by atoms with Crippen molar-refractivity contribution >= 4 is 22.9 Å². The van der Waals surface area contributed by atoms with Crippen LogP contribution in [0.5, 0.6) is 0 Å². The Kier molecular flexibility index (Phi) is 4.94. The minimum Gasteiger partial charge on any atom is -0.313 e. The maximum atomic E-state index is 6.40. The first-order valence-electron chi connectivity index (χ1n) is 7.61. The van der Waals surface area contributed by atoms with Crippen molar-refractivity contribution in [2.45, 2.75) is 44.6 Å². The van der Waals surface area contributed by atoms with Crippen molar-refractivity contribution < 1.29 is 0 Å². The molecule has 1 aromatic carbocycles. The molecule has 0 radical (unpaired) electrons. The van der Waals surface area contributed by atoms with Gasteiger partial charge in [-0.3, -0.25) is 0 Å². The summed E-state index contributed by atoms with van der Waals surface area (Å²) in [5.74, 6) is 0.473. The Balaban J connectivity index is 1.69. The number of nitrogens with one attached hydrogen (secondary N) is 1. The molecule has 2 aromatic rings. The Morgan fingerprint density at radius 2 is 2.19 bits per heavy atom. The van der Waals surface area contributed by atoms with E-state index in [1.165, 1.54) is 29.0 Å². The molecule has 0 aliphatic heterocycles. The van der Waals surface area contributed by atoms with Crippen LogP contribution in [0.3, 0.4) is 0 Å². The minimum absolute atomic E-state index is 0.473. The van der Waals surface area contributed by atoms with E-state index < -0.39 is 0 Å². The maximum absolute atomic E-state index is 6.40. The van der Waals surface area contributed by atoms with Crippen LogP contribution in [0.25, 0.3) is 0 Å². The van der Waals surface area contributed by atoms with E-state index in [1.807, 2.05) is 17.6 Å². The summed E-state index contributed by atoms with van der Waals surface area (Å²) in [5, 5.41) is 4.55. The molecule has 1 fully saturated rings. The summed E-state index contributed by atoms with van der Waals surface area (Å²) in [5.41, 5.74) is 4.39. The number of nitrogens with zero attached hydrogens (tertiary/aromatic N) is 1. The monoisotopic (exact) mass is 320 g/mol. The Morgan fingerprint density at radius 1 is 1.38 bits per heavy atom. The fraction of sp³-hybridized carbons (Fsp3) is 0.471. The number of benzene rings is 1. The SMILES string of the molecule is Cc1ncsc1CCC(CNC1CC1)c1ccccc1Cl. The third-order valence-electron chi connectivity index (χ3n) is 4.14. The Labute approximate surface area is 135 Å². The smallest absolute Gasteiger partial charge is 0.0797 e. The van der Waals surface area contributed by atoms with Crippen LogP contribution >= 0.6 is 22.9 Å². The number of hydrogen-bond donors (Lipinski definition) is 1. The van der Waals surface area contributed by atoms with Crippen LogP contribution in [0, 0.1) is 6.92 Å². The average molecular weight is 321 g/mol. The molecular formula is C17H21ClN2S. The van der Waals surface area contributed by atoms with Crippen LogP contribution in [0.1, 0.15) is 41.3 Å². The summed E-state index contributed by atoms with van der Waals surface area (Å²) < 4.78 is 0. The van der Waals surface area contributed by atoms with Crippen molar-refractivity contribution in [1.29, 1.82) is 0 Å². The highest BCUT2D eigenvalue weighted by molar-refractivity contribution is 7.09. The zero-order valence-electron chi connectivity index (χ0n) is 12.3. The molecule has 1 aromatic heterocycles. The summed E-state index contributed by atoms with van der Waals surface area (Å²) in [7, 11) is 0. The van der Waals surface area contributed by atoms with E-state index in [2.05, 4.69) is 29.4 Å². The van der Waals surface area contributed by atoms with Crippen molar-refractivity contribution in [1.82, 2.24) is 10.3 Å². The highest BCUT2D eigenvalue weighted by atomic mass is 35.5. The molecule has 0 saturated heterocycles. The van der Waals surface area contributed by atoms with Crippen molar-refractivity contribution in [2.75, 3.05) is 6.54 Å². The highest BCUT2D eigenvalue weighted by Crippen LogP contribution is 2.30. The average Bonchev–Trinajstić information content (AvgIpc) is 3.22. The van der Waals surface area contributed by atoms with Crippen LogP contribution < -0.4 is 5.32 Å². The highest BCUT2D eigenvalue weighted by Gasteiger charge is 2.23. The lowest BCUT2D eigenvalue weighted by Gasteiger charge is -2.19. The third kappa shape index (κ3) is 4.06. The van der Waals surface area contributed by atoms with E-state index in [1.54, 1.807) is 11.3 Å². The van der Waals surface area contributed by atoms with Gasteiger partial charge in [-0.1, -0.05) is 29.8 Å². The number of rotatable bonds is 7. The summed E-state index contributed by atoms with van der Waals surface area (Å²) in [6, 6.07) is 8.99. The Hall–Kier alpha value is -0.900. The summed E-state index contributed by atoms with van der Waals surface area (Å²) in [6.07, 6.45) is 4.84. The maximum Gasteiger partial charge on any atom is 0.0797 e. The van der Waals surface area contributed by atoms with Gasteiger partial charge in [-0.25, -0.2) is 4.98 Å². The summed E-state index contributed by atoms with van der Waals surface area (Å²) >= 11 is 8.17. The van der Waals surface area contributed by atoms with Gasteiger partial charge in [-0.05, 0) is 50.2 Å². The predicted octanol–water partition coefficient (Wildman–Crippen LogP) is 4.57. The van der Waals surface area contributed by atoms with Gasteiger partial charge in [0, 0.05) is 22.5 Å². The number of hydrogen-bond acceptors (Lipinski definition) is 3. The summed E-state index contributed by atoms with van der Waals surface area (Å²) in [6.45, 7) is 3.12. The molecule has 0 amide bonds. The first-order valence-corrected chi connectivity index (χ1v) is 8.86. The molecular weight excluding hydrogens is 300 g/mol. The zero-order chi connectivity index (χ0) is 14.7. The number of aromatic nitrogens is 1. The van der Waals surface area contributed by atoms with Gasteiger partial charge in [0.25, 0.3) is 0 Å². The number of halogens is 1. The number of thiazole rings is 1. The lowest BCUT2D eigenvalue weighted by molar-refractivity contribution is 0.549. The Morgan fingerprint density at radius 3 is 2.86 bits per heavy atom. The minimum atomic E-state index is 0.473. The van der Waals surface area contributed by atoms with E-state index >= 15 is 0 Å². The molecule has 1 atom stereocenters. The van der Waals surface area contributed by atoms with Crippen LogP contribution in [0.4, 0.5) is 0 Å². The van der Waals surface area contributed by atoms with E-state index in [0.717, 1.165) is 30.5 Å². The fourth-order valence-corrected chi connectivity index (χ4v) is 3.73. The van der Waals surface area contributed by atoms with Crippen molar-refractivity contribution in [3.63, 3.8) is 0 Å². The second-order valence-corrected chi connectivity index (χ2v) is 7.15. The van der Waals surface area contributed by atoms with E-state index in [-0.39, 0.29) is 0 Å². The second kappa shape index (κ2) is 6.91. The van der Waals surface area contributed by atoms with Gasteiger partial charge >= 0.3 is 0 Å². The molecule has 1 N–H and O–H groups in total. The topological polar surface area (TPSA) is 24.9 Å². The lowest BCUT2D eigenvalue weighted by atomic mass is 9.93. The molecule has 21 heavy (non-hydrogen) atoms. The molecule has 4 heteroatoms. The van der Waals surface area contributed by atoms with Gasteiger partial charge in [0.15, 0.2) is 0 Å². The molecule has 112 valence electrons. The molecule has 1 unspecified atom stereocenters. The van der Waals surface area contributed by atoms with Gasteiger partial charge in [0.05, 0.1) is 11.2 Å². The molecule has 1 saturated carbocycles. The molecule has 2 nitrogen and oxygen atoms in total. The van der Waals surface area contributed by atoms with Gasteiger partial charge in [0.1, 0.15) is 0 Å².